The highest BCUT2D eigenvalue weighted by Gasteiger charge is 2.51. The van der Waals surface area contributed by atoms with Gasteiger partial charge in [-0.05, 0) is 86.3 Å². The Labute approximate surface area is 171 Å². The van der Waals surface area contributed by atoms with E-state index in [4.69, 9.17) is 11.6 Å². The summed E-state index contributed by atoms with van der Waals surface area (Å²) in [6.45, 7) is 3.17. The van der Waals surface area contributed by atoms with E-state index in [2.05, 4.69) is 27.8 Å². The Balaban J connectivity index is 1.32. The van der Waals surface area contributed by atoms with Gasteiger partial charge in [-0.25, -0.2) is 0 Å². The highest BCUT2D eigenvalue weighted by atomic mass is 35.5. The minimum absolute atomic E-state index is 0.517. The summed E-state index contributed by atoms with van der Waals surface area (Å²) >= 11 is 7.90. The number of hydrogen-bond donors (Lipinski definition) is 0. The van der Waals surface area contributed by atoms with Crippen LogP contribution in [0.5, 0.6) is 0 Å². The van der Waals surface area contributed by atoms with Gasteiger partial charge >= 0.3 is 0 Å². The van der Waals surface area contributed by atoms with Crippen molar-refractivity contribution in [3.8, 4) is 0 Å². The van der Waals surface area contributed by atoms with Crippen molar-refractivity contribution in [3.63, 3.8) is 0 Å². The van der Waals surface area contributed by atoms with Crippen LogP contribution in [0.25, 0.3) is 0 Å². The third-order valence-electron chi connectivity index (χ3n) is 7.06. The van der Waals surface area contributed by atoms with Crippen molar-refractivity contribution in [1.29, 1.82) is 0 Å². The molecule has 0 saturated heterocycles. The number of halogens is 1. The van der Waals surface area contributed by atoms with Crippen molar-refractivity contribution >= 4 is 23.4 Å². The van der Waals surface area contributed by atoms with Crippen LogP contribution in [0, 0.1) is 23.2 Å². The van der Waals surface area contributed by atoms with Gasteiger partial charge in [0.05, 0.1) is 0 Å². The molecule has 0 N–H and O–H groups in total. The fourth-order valence-corrected chi connectivity index (χ4v) is 7.67. The standard InChI is InChI=1S/C22H28ClN3S/c1-2-26-20(13-22-10-16-6-17(11-22)8-18(7-16)12-22)24-25-21(26)27-14-15-4-3-5-19(23)9-15/h3-5,9,16-18H,2,6-8,10-14H2,1H3. The van der Waals surface area contributed by atoms with Gasteiger partial charge in [0.1, 0.15) is 5.82 Å². The van der Waals surface area contributed by atoms with Crippen molar-refractivity contribution in [1.82, 2.24) is 14.8 Å². The average Bonchev–Trinajstić information content (AvgIpc) is 2.99. The third kappa shape index (κ3) is 3.55. The maximum absolute atomic E-state index is 6.12. The SMILES string of the molecule is CCn1c(CC23CC4CC(CC(C4)C2)C3)nnc1SCc1cccc(Cl)c1. The Morgan fingerprint density at radius 2 is 1.81 bits per heavy atom. The zero-order chi connectivity index (χ0) is 18.4. The predicted molar refractivity (Wildman–Crippen MR) is 111 cm³/mol. The Kier molecular flexibility index (Phi) is 4.76. The third-order valence-corrected chi connectivity index (χ3v) is 8.34. The molecule has 0 atom stereocenters. The molecule has 2 aromatic rings. The van der Waals surface area contributed by atoms with Crippen LogP contribution in [-0.4, -0.2) is 14.8 Å². The first-order valence-corrected chi connectivity index (χ1v) is 11.8. The summed E-state index contributed by atoms with van der Waals surface area (Å²) in [5.41, 5.74) is 1.75. The molecular weight excluding hydrogens is 374 g/mol. The molecule has 1 aromatic carbocycles. The molecule has 0 amide bonds. The monoisotopic (exact) mass is 401 g/mol. The molecule has 1 heterocycles. The van der Waals surface area contributed by atoms with Crippen molar-refractivity contribution in [2.24, 2.45) is 23.2 Å². The van der Waals surface area contributed by atoms with Gasteiger partial charge in [-0.2, -0.15) is 0 Å². The van der Waals surface area contributed by atoms with E-state index >= 15 is 0 Å². The van der Waals surface area contributed by atoms with Crippen LogP contribution in [0.2, 0.25) is 5.02 Å². The maximum atomic E-state index is 6.12. The lowest BCUT2D eigenvalue weighted by atomic mass is 9.49. The molecule has 0 aliphatic heterocycles. The number of hydrogen-bond acceptors (Lipinski definition) is 3. The number of rotatable bonds is 6. The molecule has 4 aliphatic carbocycles. The molecule has 1 aromatic heterocycles. The second kappa shape index (κ2) is 7.11. The highest BCUT2D eigenvalue weighted by molar-refractivity contribution is 7.98. The molecule has 4 fully saturated rings. The molecule has 0 unspecified atom stereocenters. The molecule has 3 nitrogen and oxygen atoms in total. The molecular formula is C22H28ClN3S. The molecule has 6 rings (SSSR count). The number of benzene rings is 1. The lowest BCUT2D eigenvalue weighted by Crippen LogP contribution is -2.47. The van der Waals surface area contributed by atoms with E-state index in [0.717, 1.165) is 46.7 Å². The summed E-state index contributed by atoms with van der Waals surface area (Å²) in [5, 5.41) is 11.1. The van der Waals surface area contributed by atoms with Crippen molar-refractivity contribution in [3.05, 3.63) is 40.7 Å². The second-order valence-electron chi connectivity index (χ2n) is 9.16. The Bertz CT molecular complexity index is 795. The van der Waals surface area contributed by atoms with Crippen LogP contribution in [0.3, 0.4) is 0 Å². The summed E-state index contributed by atoms with van der Waals surface area (Å²) in [6.07, 6.45) is 9.93. The van der Waals surface area contributed by atoms with Gasteiger partial charge in [0.15, 0.2) is 5.16 Å². The normalized spacial score (nSPS) is 31.6. The lowest BCUT2D eigenvalue weighted by Gasteiger charge is -2.56. The molecule has 27 heavy (non-hydrogen) atoms. The van der Waals surface area contributed by atoms with Crippen LogP contribution in [-0.2, 0) is 18.7 Å². The topological polar surface area (TPSA) is 30.7 Å². The first kappa shape index (κ1) is 18.1. The molecule has 4 bridgehead atoms. The van der Waals surface area contributed by atoms with E-state index in [9.17, 15) is 0 Å². The van der Waals surface area contributed by atoms with E-state index in [0.29, 0.717) is 5.41 Å². The smallest absolute Gasteiger partial charge is 0.191 e. The molecule has 4 aliphatic rings. The van der Waals surface area contributed by atoms with Gasteiger partial charge in [0.2, 0.25) is 0 Å². The summed E-state index contributed by atoms with van der Waals surface area (Å²) in [4.78, 5) is 0. The van der Waals surface area contributed by atoms with Gasteiger partial charge in [0, 0.05) is 23.7 Å². The Morgan fingerprint density at radius 3 is 2.44 bits per heavy atom. The Hall–Kier alpha value is -1.00. The van der Waals surface area contributed by atoms with E-state index in [1.54, 1.807) is 11.8 Å². The fourth-order valence-electron chi connectivity index (χ4n) is 6.49. The van der Waals surface area contributed by atoms with Gasteiger partial charge in [-0.3, -0.25) is 0 Å². The lowest BCUT2D eigenvalue weighted by molar-refractivity contribution is -0.0536. The quantitative estimate of drug-likeness (QED) is 0.556. The van der Waals surface area contributed by atoms with Crippen LogP contribution in [0.4, 0.5) is 0 Å². The van der Waals surface area contributed by atoms with Gasteiger partial charge in [-0.15, -0.1) is 10.2 Å². The van der Waals surface area contributed by atoms with E-state index in [1.807, 2.05) is 18.2 Å². The van der Waals surface area contributed by atoms with E-state index in [-0.39, 0.29) is 0 Å². The van der Waals surface area contributed by atoms with Gasteiger partial charge < -0.3 is 4.57 Å². The van der Waals surface area contributed by atoms with E-state index in [1.165, 1.54) is 49.9 Å². The summed E-state index contributed by atoms with van der Waals surface area (Å²) in [6, 6.07) is 8.11. The van der Waals surface area contributed by atoms with Crippen molar-refractivity contribution in [2.45, 2.75) is 69.3 Å². The fraction of sp³-hybridized carbons (Fsp3) is 0.636. The minimum atomic E-state index is 0.517. The van der Waals surface area contributed by atoms with Crippen LogP contribution >= 0.6 is 23.4 Å². The molecule has 144 valence electrons. The minimum Gasteiger partial charge on any atom is -0.306 e. The summed E-state index contributed by atoms with van der Waals surface area (Å²) in [5.74, 6) is 5.08. The molecule has 0 radical (unpaired) electrons. The number of nitrogens with zero attached hydrogens (tertiary/aromatic N) is 3. The molecule has 5 heteroatoms. The Morgan fingerprint density at radius 1 is 1.11 bits per heavy atom. The van der Waals surface area contributed by atoms with Crippen molar-refractivity contribution < 1.29 is 0 Å². The number of thioether (sulfide) groups is 1. The maximum Gasteiger partial charge on any atom is 0.191 e. The van der Waals surface area contributed by atoms with Gasteiger partial charge in [0.25, 0.3) is 0 Å². The zero-order valence-electron chi connectivity index (χ0n) is 16.0. The van der Waals surface area contributed by atoms with Crippen LogP contribution in [0.1, 0.15) is 56.8 Å². The van der Waals surface area contributed by atoms with Gasteiger partial charge in [-0.1, -0.05) is 35.5 Å². The zero-order valence-corrected chi connectivity index (χ0v) is 17.6. The highest BCUT2D eigenvalue weighted by Crippen LogP contribution is 2.61. The average molecular weight is 402 g/mol. The number of aromatic nitrogens is 3. The molecule has 4 saturated carbocycles. The molecule has 0 spiro atoms. The summed E-state index contributed by atoms with van der Waals surface area (Å²) < 4.78 is 2.35. The van der Waals surface area contributed by atoms with Crippen molar-refractivity contribution in [2.75, 3.05) is 0 Å². The van der Waals surface area contributed by atoms with E-state index < -0.39 is 0 Å². The predicted octanol–water partition coefficient (Wildman–Crippen LogP) is 6.00. The van der Waals surface area contributed by atoms with Crippen LogP contribution < -0.4 is 0 Å². The first-order valence-electron chi connectivity index (χ1n) is 10.4. The largest absolute Gasteiger partial charge is 0.306 e. The first-order chi connectivity index (χ1) is 13.1. The summed E-state index contributed by atoms with van der Waals surface area (Å²) in [7, 11) is 0. The van der Waals surface area contributed by atoms with Crippen LogP contribution in [0.15, 0.2) is 29.4 Å². The second-order valence-corrected chi connectivity index (χ2v) is 10.5.